The van der Waals surface area contributed by atoms with E-state index in [0.717, 1.165) is 25.8 Å². The fourth-order valence-electron chi connectivity index (χ4n) is 3.08. The molecule has 1 unspecified atom stereocenters. The van der Waals surface area contributed by atoms with Gasteiger partial charge in [0.25, 0.3) is 5.91 Å². The summed E-state index contributed by atoms with van der Waals surface area (Å²) in [5.74, 6) is 0.291. The SMILES string of the molecule is CCC1CCCCN1c1nccc(C(=O)Nc2ccc(Cl)cc2Cl)n1. The first kappa shape index (κ1) is 18.0. The van der Waals surface area contributed by atoms with Crippen molar-refractivity contribution in [3.05, 3.63) is 46.2 Å². The number of nitrogens with one attached hydrogen (secondary N) is 1. The van der Waals surface area contributed by atoms with E-state index < -0.39 is 0 Å². The number of amides is 1. The standard InChI is InChI=1S/C18H20Cl2N4O/c1-2-13-5-3-4-10-24(13)18-21-9-8-16(23-18)17(25)22-15-7-6-12(19)11-14(15)20/h6-9,11,13H,2-5,10H2,1H3,(H,22,25). The van der Waals surface area contributed by atoms with Crippen molar-refractivity contribution in [2.75, 3.05) is 16.8 Å². The maximum absolute atomic E-state index is 12.5. The minimum atomic E-state index is -0.321. The van der Waals surface area contributed by atoms with E-state index in [-0.39, 0.29) is 5.91 Å². The summed E-state index contributed by atoms with van der Waals surface area (Å²) in [6.07, 6.45) is 6.15. The molecular formula is C18H20Cl2N4O. The molecule has 1 N–H and O–H groups in total. The van der Waals surface area contributed by atoms with Crippen molar-refractivity contribution in [3.8, 4) is 0 Å². The van der Waals surface area contributed by atoms with Gasteiger partial charge in [-0.2, -0.15) is 0 Å². The number of nitrogens with zero attached hydrogens (tertiary/aromatic N) is 3. The van der Waals surface area contributed by atoms with Gasteiger partial charge in [0, 0.05) is 23.8 Å². The van der Waals surface area contributed by atoms with Crippen molar-refractivity contribution >= 4 is 40.7 Å². The molecule has 1 amide bonds. The van der Waals surface area contributed by atoms with E-state index >= 15 is 0 Å². The molecule has 0 bridgehead atoms. The number of rotatable bonds is 4. The van der Waals surface area contributed by atoms with Crippen LogP contribution in [0.4, 0.5) is 11.6 Å². The van der Waals surface area contributed by atoms with E-state index in [2.05, 4.69) is 27.1 Å². The molecule has 1 atom stereocenters. The summed E-state index contributed by atoms with van der Waals surface area (Å²) in [6, 6.07) is 6.96. The first-order valence-electron chi connectivity index (χ1n) is 8.44. The summed E-state index contributed by atoms with van der Waals surface area (Å²) in [7, 11) is 0. The molecule has 0 radical (unpaired) electrons. The minimum Gasteiger partial charge on any atom is -0.338 e. The van der Waals surface area contributed by atoms with Crippen LogP contribution in [0.2, 0.25) is 10.0 Å². The number of anilines is 2. The predicted octanol–water partition coefficient (Wildman–Crippen LogP) is 4.80. The Hall–Kier alpha value is -1.85. The van der Waals surface area contributed by atoms with Crippen LogP contribution in [0.25, 0.3) is 0 Å². The molecule has 3 rings (SSSR count). The van der Waals surface area contributed by atoms with Crippen LogP contribution in [0.1, 0.15) is 43.1 Å². The highest BCUT2D eigenvalue weighted by Gasteiger charge is 2.24. The lowest BCUT2D eigenvalue weighted by atomic mass is 10.0. The molecular weight excluding hydrogens is 359 g/mol. The van der Waals surface area contributed by atoms with Gasteiger partial charge in [-0.05, 0) is 49.9 Å². The molecule has 2 aromatic rings. The molecule has 25 heavy (non-hydrogen) atoms. The molecule has 7 heteroatoms. The van der Waals surface area contributed by atoms with E-state index in [1.807, 2.05) is 0 Å². The van der Waals surface area contributed by atoms with Crippen LogP contribution in [0.3, 0.4) is 0 Å². The summed E-state index contributed by atoms with van der Waals surface area (Å²) < 4.78 is 0. The van der Waals surface area contributed by atoms with Crippen LogP contribution in [0.5, 0.6) is 0 Å². The van der Waals surface area contributed by atoms with Gasteiger partial charge >= 0.3 is 0 Å². The first-order chi connectivity index (χ1) is 12.1. The number of halogens is 2. The topological polar surface area (TPSA) is 58.1 Å². The second kappa shape index (κ2) is 8.02. The highest BCUT2D eigenvalue weighted by molar-refractivity contribution is 6.36. The second-order valence-electron chi connectivity index (χ2n) is 6.07. The van der Waals surface area contributed by atoms with Gasteiger partial charge in [-0.3, -0.25) is 4.79 Å². The zero-order valence-electron chi connectivity index (χ0n) is 14.0. The number of aromatic nitrogens is 2. The number of hydrogen-bond acceptors (Lipinski definition) is 4. The Morgan fingerprint density at radius 3 is 2.92 bits per heavy atom. The predicted molar refractivity (Wildman–Crippen MR) is 102 cm³/mol. The Morgan fingerprint density at radius 2 is 2.16 bits per heavy atom. The number of piperidine rings is 1. The first-order valence-corrected chi connectivity index (χ1v) is 9.20. The van der Waals surface area contributed by atoms with Gasteiger partial charge in [-0.15, -0.1) is 0 Å². The fourth-order valence-corrected chi connectivity index (χ4v) is 3.53. The van der Waals surface area contributed by atoms with E-state index in [0.29, 0.717) is 33.4 Å². The van der Waals surface area contributed by atoms with Crippen molar-refractivity contribution in [1.82, 2.24) is 9.97 Å². The zero-order valence-corrected chi connectivity index (χ0v) is 15.5. The Kier molecular flexibility index (Phi) is 5.76. The molecule has 1 aliphatic rings. The molecule has 132 valence electrons. The third-order valence-electron chi connectivity index (χ3n) is 4.41. The van der Waals surface area contributed by atoms with Crippen LogP contribution in [-0.4, -0.2) is 28.5 Å². The Labute approximate surface area is 157 Å². The van der Waals surface area contributed by atoms with E-state index in [1.165, 1.54) is 6.42 Å². The van der Waals surface area contributed by atoms with Crippen LogP contribution in [-0.2, 0) is 0 Å². The Morgan fingerprint density at radius 1 is 1.32 bits per heavy atom. The molecule has 1 aromatic carbocycles. The summed E-state index contributed by atoms with van der Waals surface area (Å²) in [5.41, 5.74) is 0.817. The minimum absolute atomic E-state index is 0.316. The lowest BCUT2D eigenvalue weighted by Gasteiger charge is -2.35. The molecule has 1 fully saturated rings. The molecule has 1 aromatic heterocycles. The summed E-state index contributed by atoms with van der Waals surface area (Å²) in [5, 5.41) is 3.67. The Bertz CT molecular complexity index is 768. The zero-order chi connectivity index (χ0) is 17.8. The lowest BCUT2D eigenvalue weighted by molar-refractivity contribution is 0.102. The molecule has 2 heterocycles. The molecule has 0 aliphatic carbocycles. The van der Waals surface area contributed by atoms with Gasteiger partial charge in [0.1, 0.15) is 5.69 Å². The van der Waals surface area contributed by atoms with Gasteiger partial charge < -0.3 is 10.2 Å². The third kappa shape index (κ3) is 4.22. The molecule has 0 saturated carbocycles. The molecule has 1 saturated heterocycles. The molecule has 1 aliphatic heterocycles. The van der Waals surface area contributed by atoms with Crippen molar-refractivity contribution in [3.63, 3.8) is 0 Å². The van der Waals surface area contributed by atoms with Crippen molar-refractivity contribution in [1.29, 1.82) is 0 Å². The number of hydrogen-bond donors (Lipinski definition) is 1. The maximum atomic E-state index is 12.5. The average Bonchev–Trinajstić information content (AvgIpc) is 2.64. The smallest absolute Gasteiger partial charge is 0.274 e. The van der Waals surface area contributed by atoms with Gasteiger partial charge in [0.05, 0.1) is 10.7 Å². The van der Waals surface area contributed by atoms with E-state index in [1.54, 1.807) is 30.5 Å². The average molecular weight is 379 g/mol. The van der Waals surface area contributed by atoms with Crippen LogP contribution in [0.15, 0.2) is 30.5 Å². The van der Waals surface area contributed by atoms with Crippen molar-refractivity contribution in [2.24, 2.45) is 0 Å². The van der Waals surface area contributed by atoms with Gasteiger partial charge in [0.15, 0.2) is 0 Å². The molecule has 5 nitrogen and oxygen atoms in total. The highest BCUT2D eigenvalue weighted by atomic mass is 35.5. The van der Waals surface area contributed by atoms with Gasteiger partial charge in [-0.1, -0.05) is 30.1 Å². The molecule has 0 spiro atoms. The van der Waals surface area contributed by atoms with Crippen molar-refractivity contribution in [2.45, 2.75) is 38.6 Å². The van der Waals surface area contributed by atoms with Gasteiger partial charge in [-0.25, -0.2) is 9.97 Å². The monoisotopic (exact) mass is 378 g/mol. The maximum Gasteiger partial charge on any atom is 0.274 e. The largest absolute Gasteiger partial charge is 0.338 e. The van der Waals surface area contributed by atoms with E-state index in [4.69, 9.17) is 23.2 Å². The summed E-state index contributed by atoms with van der Waals surface area (Å²) in [6.45, 7) is 3.09. The number of carbonyl (C=O) groups is 1. The van der Waals surface area contributed by atoms with Crippen LogP contribution < -0.4 is 10.2 Å². The Balaban J connectivity index is 1.79. The van der Waals surface area contributed by atoms with Gasteiger partial charge in [0.2, 0.25) is 5.95 Å². The van der Waals surface area contributed by atoms with Crippen molar-refractivity contribution < 1.29 is 4.79 Å². The van der Waals surface area contributed by atoms with Crippen LogP contribution >= 0.6 is 23.2 Å². The lowest BCUT2D eigenvalue weighted by Crippen LogP contribution is -2.40. The number of benzene rings is 1. The third-order valence-corrected chi connectivity index (χ3v) is 4.96. The fraction of sp³-hybridized carbons (Fsp3) is 0.389. The quantitative estimate of drug-likeness (QED) is 0.829. The van der Waals surface area contributed by atoms with Crippen LogP contribution in [0, 0.1) is 0 Å². The summed E-state index contributed by atoms with van der Waals surface area (Å²) in [4.78, 5) is 23.6. The number of carbonyl (C=O) groups excluding carboxylic acids is 1. The second-order valence-corrected chi connectivity index (χ2v) is 6.92. The highest BCUT2D eigenvalue weighted by Crippen LogP contribution is 2.26. The summed E-state index contributed by atoms with van der Waals surface area (Å²) >= 11 is 12.0. The normalized spacial score (nSPS) is 17.4. The van der Waals surface area contributed by atoms with E-state index in [9.17, 15) is 4.79 Å².